The molecule has 3 heteroatoms. The van der Waals surface area contributed by atoms with E-state index in [4.69, 9.17) is 10.4 Å². The van der Waals surface area contributed by atoms with Crippen LogP contribution in [0.15, 0.2) is 12.1 Å². The van der Waals surface area contributed by atoms with E-state index >= 15 is 0 Å². The van der Waals surface area contributed by atoms with E-state index < -0.39 is 5.82 Å². The summed E-state index contributed by atoms with van der Waals surface area (Å²) in [6.45, 7) is 1.74. The van der Waals surface area contributed by atoms with Crippen LogP contribution in [0.5, 0.6) is 5.75 Å². The minimum Gasteiger partial charge on any atom is -0.505 e. The van der Waals surface area contributed by atoms with Crippen LogP contribution in [-0.2, 0) is 6.42 Å². The van der Waals surface area contributed by atoms with Gasteiger partial charge in [0.05, 0.1) is 12.5 Å². The number of hydrogen-bond acceptors (Lipinski definition) is 2. The molecule has 0 heterocycles. The molecule has 1 aromatic carbocycles. The van der Waals surface area contributed by atoms with Gasteiger partial charge in [0.2, 0.25) is 0 Å². The van der Waals surface area contributed by atoms with Crippen molar-refractivity contribution in [1.82, 2.24) is 0 Å². The van der Waals surface area contributed by atoms with Gasteiger partial charge in [-0.05, 0) is 18.6 Å². The topological polar surface area (TPSA) is 44.0 Å². The van der Waals surface area contributed by atoms with Crippen molar-refractivity contribution >= 4 is 0 Å². The summed E-state index contributed by atoms with van der Waals surface area (Å²) in [7, 11) is 0. The molecule has 0 spiro atoms. The van der Waals surface area contributed by atoms with Crippen molar-refractivity contribution in [2.75, 3.05) is 0 Å². The predicted molar refractivity (Wildman–Crippen MR) is 42.1 cm³/mol. The fourth-order valence-corrected chi connectivity index (χ4v) is 1.04. The van der Waals surface area contributed by atoms with E-state index in [-0.39, 0.29) is 17.7 Å². The molecule has 0 unspecified atom stereocenters. The van der Waals surface area contributed by atoms with Crippen molar-refractivity contribution in [3.8, 4) is 11.8 Å². The smallest absolute Gasteiger partial charge is 0.169 e. The zero-order valence-corrected chi connectivity index (χ0v) is 6.63. The molecular weight excluding hydrogens is 157 g/mol. The maximum absolute atomic E-state index is 13.0. The molecule has 0 saturated heterocycles. The third-order valence-electron chi connectivity index (χ3n) is 1.54. The van der Waals surface area contributed by atoms with Gasteiger partial charge in [-0.15, -0.1) is 0 Å². The molecule has 0 saturated carbocycles. The third-order valence-corrected chi connectivity index (χ3v) is 1.54. The number of nitriles is 1. The van der Waals surface area contributed by atoms with E-state index in [1.165, 1.54) is 6.07 Å². The lowest BCUT2D eigenvalue weighted by Crippen LogP contribution is -1.90. The highest BCUT2D eigenvalue weighted by molar-refractivity contribution is 5.35. The first kappa shape index (κ1) is 8.54. The number of rotatable bonds is 1. The molecule has 1 N–H and O–H groups in total. The summed E-state index contributed by atoms with van der Waals surface area (Å²) in [4.78, 5) is 0. The Kier molecular flexibility index (Phi) is 2.29. The van der Waals surface area contributed by atoms with Crippen LogP contribution in [0.25, 0.3) is 0 Å². The Morgan fingerprint density at radius 1 is 1.58 bits per heavy atom. The van der Waals surface area contributed by atoms with Crippen LogP contribution in [0.2, 0.25) is 0 Å². The molecule has 1 rings (SSSR count). The van der Waals surface area contributed by atoms with Crippen molar-refractivity contribution < 1.29 is 9.50 Å². The number of aromatic hydroxyl groups is 1. The summed E-state index contributed by atoms with van der Waals surface area (Å²) in [6, 6.07) is 4.71. The molecule has 1 aromatic rings. The van der Waals surface area contributed by atoms with Crippen LogP contribution in [-0.4, -0.2) is 5.11 Å². The van der Waals surface area contributed by atoms with Crippen molar-refractivity contribution in [3.05, 3.63) is 29.1 Å². The first-order valence-corrected chi connectivity index (χ1v) is 3.50. The molecule has 0 aliphatic carbocycles. The number of aryl methyl sites for hydroxylation is 1. The standard InChI is InChI=1S/C9H8FNO/c1-6-4-7(2-3-11)9(10)8(12)5-6/h4-5,12H,2H2,1H3. The van der Waals surface area contributed by atoms with E-state index in [1.807, 2.05) is 6.07 Å². The second kappa shape index (κ2) is 3.22. The summed E-state index contributed by atoms with van der Waals surface area (Å²) < 4.78 is 13.0. The van der Waals surface area contributed by atoms with Crippen LogP contribution < -0.4 is 0 Å². The van der Waals surface area contributed by atoms with Gasteiger partial charge in [0.25, 0.3) is 0 Å². The normalized spacial score (nSPS) is 9.42. The van der Waals surface area contributed by atoms with Crippen molar-refractivity contribution in [3.63, 3.8) is 0 Å². The Morgan fingerprint density at radius 2 is 2.25 bits per heavy atom. The molecule has 0 radical (unpaired) electrons. The van der Waals surface area contributed by atoms with Crippen molar-refractivity contribution in [2.45, 2.75) is 13.3 Å². The second-order valence-electron chi connectivity index (χ2n) is 2.59. The lowest BCUT2D eigenvalue weighted by Gasteiger charge is -2.02. The Hall–Kier alpha value is -1.56. The highest BCUT2D eigenvalue weighted by Crippen LogP contribution is 2.21. The van der Waals surface area contributed by atoms with E-state index in [1.54, 1.807) is 13.0 Å². The monoisotopic (exact) mass is 165 g/mol. The molecule has 0 bridgehead atoms. The maximum atomic E-state index is 13.0. The average molecular weight is 165 g/mol. The summed E-state index contributed by atoms with van der Waals surface area (Å²) in [6.07, 6.45) is -0.0128. The van der Waals surface area contributed by atoms with Gasteiger partial charge in [-0.25, -0.2) is 4.39 Å². The highest BCUT2D eigenvalue weighted by atomic mass is 19.1. The highest BCUT2D eigenvalue weighted by Gasteiger charge is 2.07. The number of hydrogen-bond donors (Lipinski definition) is 1. The predicted octanol–water partition coefficient (Wildman–Crippen LogP) is 1.91. The summed E-state index contributed by atoms with van der Waals surface area (Å²) in [5.74, 6) is -1.08. The van der Waals surface area contributed by atoms with Gasteiger partial charge in [0.15, 0.2) is 11.6 Å². The lowest BCUT2D eigenvalue weighted by atomic mass is 10.1. The van der Waals surface area contributed by atoms with Crippen molar-refractivity contribution in [1.29, 1.82) is 5.26 Å². The number of phenols is 1. The third kappa shape index (κ3) is 1.54. The lowest BCUT2D eigenvalue weighted by molar-refractivity contribution is 0.429. The maximum Gasteiger partial charge on any atom is 0.169 e. The van der Waals surface area contributed by atoms with Gasteiger partial charge in [-0.1, -0.05) is 6.07 Å². The number of phenolic OH excluding ortho intramolecular Hbond substituents is 1. The van der Waals surface area contributed by atoms with Gasteiger partial charge in [-0.3, -0.25) is 0 Å². The van der Waals surface area contributed by atoms with Crippen LogP contribution in [0.3, 0.4) is 0 Å². The summed E-state index contributed by atoms with van der Waals surface area (Å²) in [5, 5.41) is 17.4. The summed E-state index contributed by atoms with van der Waals surface area (Å²) >= 11 is 0. The van der Waals surface area contributed by atoms with Crippen molar-refractivity contribution in [2.24, 2.45) is 0 Å². The summed E-state index contributed by atoms with van der Waals surface area (Å²) in [5.41, 5.74) is 0.995. The van der Waals surface area contributed by atoms with E-state index in [0.717, 1.165) is 5.56 Å². The molecule has 0 amide bonds. The van der Waals surface area contributed by atoms with Crippen LogP contribution in [0.1, 0.15) is 11.1 Å². The molecule has 0 aliphatic rings. The average Bonchev–Trinajstić information content (AvgIpc) is 2.00. The Morgan fingerprint density at radius 3 is 2.83 bits per heavy atom. The molecule has 12 heavy (non-hydrogen) atoms. The molecule has 0 atom stereocenters. The SMILES string of the molecule is Cc1cc(O)c(F)c(CC#N)c1. The zero-order valence-electron chi connectivity index (χ0n) is 6.63. The van der Waals surface area contributed by atoms with Crippen LogP contribution in [0, 0.1) is 24.1 Å². The Balaban J connectivity index is 3.20. The zero-order chi connectivity index (χ0) is 9.14. The minimum absolute atomic E-state index is 0.0128. The van der Waals surface area contributed by atoms with Gasteiger partial charge in [-0.2, -0.15) is 5.26 Å². The molecule has 62 valence electrons. The first-order chi connectivity index (χ1) is 5.65. The van der Waals surface area contributed by atoms with E-state index in [2.05, 4.69) is 0 Å². The van der Waals surface area contributed by atoms with Gasteiger partial charge in [0, 0.05) is 5.56 Å². The molecule has 0 fully saturated rings. The fourth-order valence-electron chi connectivity index (χ4n) is 1.04. The Labute approximate surface area is 69.9 Å². The number of halogens is 1. The molecule has 0 aromatic heterocycles. The van der Waals surface area contributed by atoms with Gasteiger partial charge < -0.3 is 5.11 Å². The molecular formula is C9H8FNO. The largest absolute Gasteiger partial charge is 0.505 e. The van der Waals surface area contributed by atoms with E-state index in [9.17, 15) is 4.39 Å². The van der Waals surface area contributed by atoms with Crippen LogP contribution in [0.4, 0.5) is 4.39 Å². The second-order valence-corrected chi connectivity index (χ2v) is 2.59. The quantitative estimate of drug-likeness (QED) is 0.690. The van der Waals surface area contributed by atoms with E-state index in [0.29, 0.717) is 0 Å². The minimum atomic E-state index is -0.692. The number of benzene rings is 1. The Bertz CT molecular complexity index is 341. The van der Waals surface area contributed by atoms with Crippen LogP contribution >= 0.6 is 0 Å². The van der Waals surface area contributed by atoms with Gasteiger partial charge in [0.1, 0.15) is 0 Å². The first-order valence-electron chi connectivity index (χ1n) is 3.50. The molecule has 0 aliphatic heterocycles. The van der Waals surface area contributed by atoms with Gasteiger partial charge >= 0.3 is 0 Å². The number of nitrogens with zero attached hydrogens (tertiary/aromatic N) is 1. The fraction of sp³-hybridized carbons (Fsp3) is 0.222. The molecule has 2 nitrogen and oxygen atoms in total.